The Balaban J connectivity index is 1.19. The molecule has 5 aromatic rings. The summed E-state index contributed by atoms with van der Waals surface area (Å²) in [4.78, 5) is 15.0. The lowest BCUT2D eigenvalue weighted by atomic mass is 10.0. The number of rotatable bonds is 6. The number of ether oxygens (including phenoxy) is 1. The number of pyridine rings is 1. The van der Waals surface area contributed by atoms with Crippen LogP contribution in [0.15, 0.2) is 53.6 Å². The van der Waals surface area contributed by atoms with Gasteiger partial charge >= 0.3 is 0 Å². The van der Waals surface area contributed by atoms with Crippen LogP contribution in [0.5, 0.6) is 5.75 Å². The molecule has 0 bridgehead atoms. The predicted octanol–water partition coefficient (Wildman–Crippen LogP) is 4.65. The fourth-order valence-corrected chi connectivity index (χ4v) is 6.12. The quantitative estimate of drug-likeness (QED) is 0.284. The van der Waals surface area contributed by atoms with E-state index in [-0.39, 0.29) is 4.90 Å². The molecule has 200 valence electrons. The molecule has 0 radical (unpaired) electrons. The Labute approximate surface area is 226 Å². The number of imidazole rings is 1. The van der Waals surface area contributed by atoms with Crippen LogP contribution in [0.25, 0.3) is 22.6 Å². The number of methoxy groups -OCH3 is 1. The summed E-state index contributed by atoms with van der Waals surface area (Å²) in [6, 6.07) is 12.7. The van der Waals surface area contributed by atoms with Crippen LogP contribution in [0.3, 0.4) is 0 Å². The lowest BCUT2D eigenvalue weighted by Gasteiger charge is -2.27. The first-order valence-electron chi connectivity index (χ1n) is 12.6. The number of aromatic nitrogens is 5. The van der Waals surface area contributed by atoms with E-state index in [1.807, 2.05) is 13.0 Å². The molecule has 3 N–H and O–H groups in total. The number of nitrogens with one attached hydrogen (secondary N) is 3. The van der Waals surface area contributed by atoms with Gasteiger partial charge in [0, 0.05) is 12.1 Å². The summed E-state index contributed by atoms with van der Waals surface area (Å²) >= 11 is 0. The van der Waals surface area contributed by atoms with Crippen LogP contribution in [0.2, 0.25) is 0 Å². The van der Waals surface area contributed by atoms with E-state index in [1.165, 1.54) is 30.5 Å². The van der Waals surface area contributed by atoms with Crippen LogP contribution in [-0.2, 0) is 23.0 Å². The maximum atomic E-state index is 13.0. The van der Waals surface area contributed by atoms with E-state index in [2.05, 4.69) is 55.8 Å². The van der Waals surface area contributed by atoms with Gasteiger partial charge in [-0.15, -0.1) is 0 Å². The molecule has 4 heterocycles. The smallest absolute Gasteiger partial charge is 0.265 e. The molecule has 1 aliphatic rings. The zero-order chi connectivity index (χ0) is 27.3. The first kappa shape index (κ1) is 24.9. The summed E-state index contributed by atoms with van der Waals surface area (Å²) in [7, 11) is -2.39. The van der Waals surface area contributed by atoms with Crippen molar-refractivity contribution in [2.45, 2.75) is 38.6 Å². The number of sulfonamides is 1. The molecule has 6 rings (SSSR count). The summed E-state index contributed by atoms with van der Waals surface area (Å²) in [6.45, 7) is 7.40. The minimum absolute atomic E-state index is 0.0762. The second-order valence-corrected chi connectivity index (χ2v) is 11.6. The van der Waals surface area contributed by atoms with Crippen molar-refractivity contribution < 1.29 is 13.2 Å². The highest BCUT2D eigenvalue weighted by Crippen LogP contribution is 2.31. The monoisotopic (exact) mass is 543 g/mol. The number of aromatic amines is 2. The van der Waals surface area contributed by atoms with Gasteiger partial charge in [0.25, 0.3) is 10.0 Å². The number of anilines is 2. The summed E-state index contributed by atoms with van der Waals surface area (Å²) in [5.74, 6) is 1.83. The maximum absolute atomic E-state index is 13.0. The molecule has 0 amide bonds. The van der Waals surface area contributed by atoms with Crippen molar-refractivity contribution in [1.29, 1.82) is 0 Å². The van der Waals surface area contributed by atoms with Crippen molar-refractivity contribution in [1.82, 2.24) is 25.1 Å². The summed E-state index contributed by atoms with van der Waals surface area (Å²) < 4.78 is 33.8. The van der Waals surface area contributed by atoms with Gasteiger partial charge in [-0.2, -0.15) is 5.10 Å². The van der Waals surface area contributed by atoms with E-state index in [0.717, 1.165) is 58.2 Å². The molecule has 0 saturated carbocycles. The van der Waals surface area contributed by atoms with Gasteiger partial charge in [0.1, 0.15) is 22.2 Å². The van der Waals surface area contributed by atoms with Crippen molar-refractivity contribution in [2.75, 3.05) is 23.3 Å². The van der Waals surface area contributed by atoms with E-state index in [9.17, 15) is 8.42 Å². The van der Waals surface area contributed by atoms with Crippen LogP contribution < -0.4 is 14.4 Å². The Morgan fingerprint density at radius 3 is 2.64 bits per heavy atom. The van der Waals surface area contributed by atoms with Crippen molar-refractivity contribution in [3.63, 3.8) is 0 Å². The van der Waals surface area contributed by atoms with E-state index >= 15 is 0 Å². The first-order chi connectivity index (χ1) is 18.7. The second-order valence-electron chi connectivity index (χ2n) is 9.90. The second kappa shape index (κ2) is 9.42. The Hall–Kier alpha value is -4.38. The third-order valence-corrected chi connectivity index (χ3v) is 8.61. The number of H-pyrrole nitrogens is 2. The van der Waals surface area contributed by atoms with Gasteiger partial charge in [-0.05, 0) is 80.3 Å². The molecule has 0 saturated heterocycles. The minimum atomic E-state index is -3.84. The number of nitrogens with zero attached hydrogens (tertiary/aromatic N) is 4. The fourth-order valence-electron chi connectivity index (χ4n) is 4.93. The van der Waals surface area contributed by atoms with Gasteiger partial charge in [0.2, 0.25) is 0 Å². The molecule has 0 fully saturated rings. The Morgan fingerprint density at radius 1 is 1.05 bits per heavy atom. The molecule has 0 spiro atoms. The molecule has 39 heavy (non-hydrogen) atoms. The first-order valence-corrected chi connectivity index (χ1v) is 14.1. The average molecular weight is 544 g/mol. The van der Waals surface area contributed by atoms with Gasteiger partial charge in [-0.3, -0.25) is 9.82 Å². The molecule has 2 aromatic carbocycles. The summed E-state index contributed by atoms with van der Waals surface area (Å²) in [5, 5.41) is 7.76. The Morgan fingerprint density at radius 2 is 1.87 bits per heavy atom. The average Bonchev–Trinajstić information content (AvgIpc) is 3.52. The predicted molar refractivity (Wildman–Crippen MR) is 151 cm³/mol. The van der Waals surface area contributed by atoms with E-state index in [1.54, 1.807) is 18.2 Å². The summed E-state index contributed by atoms with van der Waals surface area (Å²) in [5.41, 5.74) is 8.68. The SMILES string of the molecule is COc1cc(C)ccc1S(=O)(=O)Nc1ccc(N2CCc3c(n[nH]c3-c3nc4cc(C)c(C)cc4[nH]3)C2)nc1. The number of hydrogen-bond donors (Lipinski definition) is 3. The van der Waals surface area contributed by atoms with Gasteiger partial charge in [0.15, 0.2) is 5.82 Å². The molecule has 0 atom stereocenters. The number of benzene rings is 2. The molecule has 11 heteroatoms. The van der Waals surface area contributed by atoms with Crippen LogP contribution in [0.4, 0.5) is 11.5 Å². The van der Waals surface area contributed by atoms with Gasteiger partial charge in [-0.25, -0.2) is 18.4 Å². The van der Waals surface area contributed by atoms with Crippen molar-refractivity contribution in [2.24, 2.45) is 0 Å². The normalized spacial score (nSPS) is 13.5. The van der Waals surface area contributed by atoms with Crippen molar-refractivity contribution in [3.05, 3.63) is 76.6 Å². The Bertz CT molecular complexity index is 1770. The highest BCUT2D eigenvalue weighted by molar-refractivity contribution is 7.92. The molecular weight excluding hydrogens is 514 g/mol. The highest BCUT2D eigenvalue weighted by Gasteiger charge is 2.25. The van der Waals surface area contributed by atoms with Crippen molar-refractivity contribution >= 4 is 32.6 Å². The molecular formula is C28H29N7O3S. The molecule has 0 unspecified atom stereocenters. The summed E-state index contributed by atoms with van der Waals surface area (Å²) in [6.07, 6.45) is 2.30. The largest absolute Gasteiger partial charge is 0.495 e. The third kappa shape index (κ3) is 4.59. The zero-order valence-corrected chi connectivity index (χ0v) is 23.0. The van der Waals surface area contributed by atoms with Crippen LogP contribution in [-0.4, -0.2) is 47.2 Å². The molecule has 10 nitrogen and oxygen atoms in total. The minimum Gasteiger partial charge on any atom is -0.495 e. The number of hydrogen-bond acceptors (Lipinski definition) is 7. The zero-order valence-electron chi connectivity index (χ0n) is 22.2. The lowest BCUT2D eigenvalue weighted by Crippen LogP contribution is -2.31. The number of aryl methyl sites for hydroxylation is 3. The van der Waals surface area contributed by atoms with Crippen LogP contribution in [0.1, 0.15) is 27.9 Å². The van der Waals surface area contributed by atoms with Crippen molar-refractivity contribution in [3.8, 4) is 17.3 Å². The van der Waals surface area contributed by atoms with Gasteiger partial charge in [0.05, 0.1) is 42.3 Å². The van der Waals surface area contributed by atoms with E-state index in [0.29, 0.717) is 18.0 Å². The van der Waals surface area contributed by atoms with E-state index < -0.39 is 10.0 Å². The highest BCUT2D eigenvalue weighted by atomic mass is 32.2. The van der Waals surface area contributed by atoms with Crippen LogP contribution >= 0.6 is 0 Å². The van der Waals surface area contributed by atoms with Crippen LogP contribution in [0, 0.1) is 20.8 Å². The van der Waals surface area contributed by atoms with E-state index in [4.69, 9.17) is 9.72 Å². The third-order valence-electron chi connectivity index (χ3n) is 7.19. The topological polar surface area (TPSA) is 129 Å². The number of fused-ring (bicyclic) bond motifs is 2. The van der Waals surface area contributed by atoms with Gasteiger partial charge in [-0.1, -0.05) is 6.07 Å². The molecule has 0 aliphatic carbocycles. The maximum Gasteiger partial charge on any atom is 0.265 e. The molecule has 3 aromatic heterocycles. The fraction of sp³-hybridized carbons (Fsp3) is 0.250. The Kier molecular flexibility index (Phi) is 6.02. The lowest BCUT2D eigenvalue weighted by molar-refractivity contribution is 0.402. The standard InChI is InChI=1S/C28H29N7O3S/c1-16-5-7-25(24(11-16)38-4)39(36,37)34-19-6-8-26(29-14-19)35-10-9-20-23(15-35)32-33-27(20)28-30-21-12-17(2)18(3)13-22(21)31-28/h5-8,11-14,34H,9-10,15H2,1-4H3,(H,30,31)(H,32,33). The van der Waals surface area contributed by atoms with Gasteiger partial charge < -0.3 is 14.6 Å². The molecule has 1 aliphatic heterocycles.